The SMILES string of the molecule is CCC(C)OC(=O)c1c(NC(=O)c2cnn(CC)c2C)sc2c1CCCC2. The van der Waals surface area contributed by atoms with E-state index in [1.165, 1.54) is 16.2 Å². The summed E-state index contributed by atoms with van der Waals surface area (Å²) in [6.45, 7) is 8.44. The van der Waals surface area contributed by atoms with Gasteiger partial charge in [-0.2, -0.15) is 5.10 Å². The first-order valence-electron chi connectivity index (χ1n) is 9.65. The number of carbonyl (C=O) groups excluding carboxylic acids is 2. The van der Waals surface area contributed by atoms with E-state index in [2.05, 4.69) is 10.4 Å². The summed E-state index contributed by atoms with van der Waals surface area (Å²) in [5, 5.41) is 7.80. The van der Waals surface area contributed by atoms with Crippen molar-refractivity contribution in [1.29, 1.82) is 0 Å². The van der Waals surface area contributed by atoms with Gasteiger partial charge in [-0.05, 0) is 58.4 Å². The first kappa shape index (κ1) is 19.6. The molecule has 0 fully saturated rings. The molecular weight excluding hydrogens is 362 g/mol. The highest BCUT2D eigenvalue weighted by molar-refractivity contribution is 7.17. The predicted octanol–water partition coefficient (Wildman–Crippen LogP) is 4.36. The molecule has 2 heterocycles. The molecule has 1 unspecified atom stereocenters. The Hall–Kier alpha value is -2.15. The number of carbonyl (C=O) groups is 2. The number of nitrogens with zero attached hydrogens (tertiary/aromatic N) is 2. The molecule has 0 radical (unpaired) electrons. The number of fused-ring (bicyclic) bond motifs is 1. The number of thiophene rings is 1. The molecule has 1 N–H and O–H groups in total. The van der Waals surface area contributed by atoms with Crippen LogP contribution in [0.25, 0.3) is 0 Å². The molecule has 2 aromatic rings. The smallest absolute Gasteiger partial charge is 0.341 e. The minimum Gasteiger partial charge on any atom is -0.459 e. The Kier molecular flexibility index (Phi) is 5.99. The average Bonchev–Trinajstić information content (AvgIpc) is 3.21. The number of esters is 1. The fourth-order valence-electron chi connectivity index (χ4n) is 3.35. The number of amides is 1. The minimum atomic E-state index is -0.333. The third kappa shape index (κ3) is 3.93. The van der Waals surface area contributed by atoms with Crippen LogP contribution in [0.2, 0.25) is 0 Å². The lowest BCUT2D eigenvalue weighted by atomic mass is 9.95. The first-order chi connectivity index (χ1) is 13.0. The maximum absolute atomic E-state index is 12.8. The molecule has 1 aliphatic carbocycles. The summed E-state index contributed by atoms with van der Waals surface area (Å²) < 4.78 is 7.37. The Balaban J connectivity index is 1.92. The van der Waals surface area contributed by atoms with Crippen molar-refractivity contribution in [3.05, 3.63) is 33.5 Å². The topological polar surface area (TPSA) is 73.2 Å². The highest BCUT2D eigenvalue weighted by Crippen LogP contribution is 2.39. The van der Waals surface area contributed by atoms with Gasteiger partial charge in [0.25, 0.3) is 5.91 Å². The molecule has 6 nitrogen and oxygen atoms in total. The van der Waals surface area contributed by atoms with E-state index in [4.69, 9.17) is 4.74 Å². The molecule has 0 saturated carbocycles. The van der Waals surface area contributed by atoms with Crippen LogP contribution in [-0.2, 0) is 24.1 Å². The molecule has 1 amide bonds. The number of hydrogen-bond donors (Lipinski definition) is 1. The number of hydrogen-bond acceptors (Lipinski definition) is 5. The second-order valence-electron chi connectivity index (χ2n) is 6.95. The van der Waals surface area contributed by atoms with E-state index in [0.29, 0.717) is 22.7 Å². The monoisotopic (exact) mass is 389 g/mol. The van der Waals surface area contributed by atoms with E-state index in [0.717, 1.165) is 43.4 Å². The Bertz CT molecular complexity index is 853. The van der Waals surface area contributed by atoms with Crippen molar-refractivity contribution in [2.24, 2.45) is 0 Å². The van der Waals surface area contributed by atoms with Gasteiger partial charge < -0.3 is 10.1 Å². The van der Waals surface area contributed by atoms with Gasteiger partial charge in [-0.1, -0.05) is 6.92 Å². The highest BCUT2D eigenvalue weighted by Gasteiger charge is 2.28. The molecule has 0 aromatic carbocycles. The molecule has 0 saturated heterocycles. The zero-order chi connectivity index (χ0) is 19.6. The molecule has 0 bridgehead atoms. The second kappa shape index (κ2) is 8.25. The molecular formula is C20H27N3O3S. The maximum Gasteiger partial charge on any atom is 0.341 e. The van der Waals surface area contributed by atoms with Gasteiger partial charge in [0, 0.05) is 17.1 Å². The van der Waals surface area contributed by atoms with Crippen LogP contribution in [0.15, 0.2) is 6.20 Å². The van der Waals surface area contributed by atoms with Gasteiger partial charge in [-0.15, -0.1) is 11.3 Å². The summed E-state index contributed by atoms with van der Waals surface area (Å²) in [7, 11) is 0. The van der Waals surface area contributed by atoms with Crippen molar-refractivity contribution in [3.63, 3.8) is 0 Å². The predicted molar refractivity (Wildman–Crippen MR) is 107 cm³/mol. The van der Waals surface area contributed by atoms with Crippen LogP contribution in [0.4, 0.5) is 5.00 Å². The van der Waals surface area contributed by atoms with Crippen LogP contribution in [0.3, 0.4) is 0 Å². The molecule has 0 aliphatic heterocycles. The van der Waals surface area contributed by atoms with Crippen molar-refractivity contribution in [2.75, 3.05) is 5.32 Å². The lowest BCUT2D eigenvalue weighted by Gasteiger charge is -2.15. The normalized spacial score (nSPS) is 14.5. The Morgan fingerprint density at radius 1 is 1.33 bits per heavy atom. The number of rotatable bonds is 6. The Labute approximate surface area is 163 Å². The Morgan fingerprint density at radius 2 is 2.07 bits per heavy atom. The van der Waals surface area contributed by atoms with Crippen LogP contribution in [0, 0.1) is 6.92 Å². The van der Waals surface area contributed by atoms with Crippen molar-refractivity contribution >= 4 is 28.2 Å². The van der Waals surface area contributed by atoms with Gasteiger partial charge in [0.2, 0.25) is 0 Å². The van der Waals surface area contributed by atoms with Gasteiger partial charge in [0.15, 0.2) is 0 Å². The number of anilines is 1. The van der Waals surface area contributed by atoms with Crippen LogP contribution in [0.1, 0.15) is 76.9 Å². The largest absolute Gasteiger partial charge is 0.459 e. The van der Waals surface area contributed by atoms with E-state index in [9.17, 15) is 9.59 Å². The van der Waals surface area contributed by atoms with E-state index >= 15 is 0 Å². The number of aromatic nitrogens is 2. The van der Waals surface area contributed by atoms with Crippen molar-refractivity contribution < 1.29 is 14.3 Å². The minimum absolute atomic E-state index is 0.148. The zero-order valence-corrected chi connectivity index (χ0v) is 17.2. The molecule has 146 valence electrons. The quantitative estimate of drug-likeness (QED) is 0.745. The molecule has 1 aliphatic rings. The lowest BCUT2D eigenvalue weighted by molar-refractivity contribution is 0.0335. The fraction of sp³-hybridized carbons (Fsp3) is 0.550. The summed E-state index contributed by atoms with van der Waals surface area (Å²) in [4.78, 5) is 26.8. The lowest BCUT2D eigenvalue weighted by Crippen LogP contribution is -2.19. The van der Waals surface area contributed by atoms with Crippen LogP contribution >= 0.6 is 11.3 Å². The molecule has 3 rings (SSSR count). The standard InChI is InChI=1S/C20H27N3O3S/c1-5-12(3)26-20(25)17-14-9-7-8-10-16(14)27-19(17)22-18(24)15-11-21-23(6-2)13(15)4/h11-12H,5-10H2,1-4H3,(H,22,24). The summed E-state index contributed by atoms with van der Waals surface area (Å²) in [5.41, 5.74) is 2.95. The van der Waals surface area contributed by atoms with Gasteiger partial charge >= 0.3 is 5.97 Å². The molecule has 7 heteroatoms. The third-order valence-electron chi connectivity index (χ3n) is 5.13. The van der Waals surface area contributed by atoms with E-state index < -0.39 is 0 Å². The van der Waals surface area contributed by atoms with E-state index in [1.807, 2.05) is 27.7 Å². The zero-order valence-electron chi connectivity index (χ0n) is 16.4. The first-order valence-corrected chi connectivity index (χ1v) is 10.5. The van der Waals surface area contributed by atoms with E-state index in [-0.39, 0.29) is 18.0 Å². The summed E-state index contributed by atoms with van der Waals surface area (Å²) in [6, 6.07) is 0. The number of ether oxygens (including phenoxy) is 1. The van der Waals surface area contributed by atoms with E-state index in [1.54, 1.807) is 10.9 Å². The molecule has 0 spiro atoms. The molecule has 1 atom stereocenters. The molecule has 27 heavy (non-hydrogen) atoms. The Morgan fingerprint density at radius 3 is 2.74 bits per heavy atom. The number of aryl methyl sites for hydroxylation is 2. The van der Waals surface area contributed by atoms with Gasteiger partial charge in [0.1, 0.15) is 5.00 Å². The maximum atomic E-state index is 12.8. The van der Waals surface area contributed by atoms with Crippen LogP contribution in [-0.4, -0.2) is 27.8 Å². The van der Waals surface area contributed by atoms with Crippen molar-refractivity contribution in [1.82, 2.24) is 9.78 Å². The van der Waals surface area contributed by atoms with Crippen molar-refractivity contribution in [3.8, 4) is 0 Å². The summed E-state index contributed by atoms with van der Waals surface area (Å²) >= 11 is 1.51. The van der Waals surface area contributed by atoms with Crippen molar-refractivity contribution in [2.45, 2.75) is 72.4 Å². The number of nitrogens with one attached hydrogen (secondary N) is 1. The molecule has 2 aromatic heterocycles. The summed E-state index contributed by atoms with van der Waals surface area (Å²) in [6.07, 6.45) is 6.18. The van der Waals surface area contributed by atoms with Crippen LogP contribution in [0.5, 0.6) is 0 Å². The average molecular weight is 390 g/mol. The van der Waals surface area contributed by atoms with Gasteiger partial charge in [-0.25, -0.2) is 4.79 Å². The highest BCUT2D eigenvalue weighted by atomic mass is 32.1. The third-order valence-corrected chi connectivity index (χ3v) is 6.34. The second-order valence-corrected chi connectivity index (χ2v) is 8.06. The fourth-order valence-corrected chi connectivity index (χ4v) is 4.63. The summed E-state index contributed by atoms with van der Waals surface area (Å²) in [5.74, 6) is -0.566. The van der Waals surface area contributed by atoms with Gasteiger partial charge in [-0.3, -0.25) is 9.48 Å². The van der Waals surface area contributed by atoms with Crippen LogP contribution < -0.4 is 5.32 Å². The van der Waals surface area contributed by atoms with Gasteiger partial charge in [0.05, 0.1) is 23.4 Å².